The summed E-state index contributed by atoms with van der Waals surface area (Å²) < 4.78 is 12.7. The van der Waals surface area contributed by atoms with Gasteiger partial charge in [-0.1, -0.05) is 19.9 Å². The van der Waals surface area contributed by atoms with E-state index in [0.29, 0.717) is 6.61 Å². The molecule has 0 aromatic heterocycles. The maximum absolute atomic E-state index is 10.9. The molecule has 0 bridgehead atoms. The van der Waals surface area contributed by atoms with Crippen molar-refractivity contribution in [1.29, 1.82) is 0 Å². The molecule has 5 nitrogen and oxygen atoms in total. The van der Waals surface area contributed by atoms with Gasteiger partial charge in [0.25, 0.3) is 5.69 Å². The second-order valence-corrected chi connectivity index (χ2v) is 9.25. The van der Waals surface area contributed by atoms with Crippen molar-refractivity contribution in [2.24, 2.45) is 10.8 Å². The van der Waals surface area contributed by atoms with Crippen LogP contribution < -0.4 is 4.74 Å². The fraction of sp³-hybridized carbons (Fsp3) is 0.591. The SMILES string of the molecule is CC1(C)C=C2C(=[N+](O)c3cc(OCCN4CCOCC4)ccc32)C(C)(C)C1. The number of benzene rings is 1. The summed E-state index contributed by atoms with van der Waals surface area (Å²) in [6, 6.07) is 6.06. The molecule has 5 heteroatoms. The standard InChI is InChI=1S/C22H31N2O3/c1-21(2)14-18-17-6-5-16(27-12-9-23-7-10-26-11-8-23)13-19(17)24(25)20(18)22(3,4)15-21/h5-6,13-14,25H,7-12,15H2,1-4H3/q+1. The Morgan fingerprint density at radius 3 is 2.67 bits per heavy atom. The van der Waals surface area contributed by atoms with Crippen LogP contribution in [0.4, 0.5) is 5.69 Å². The Morgan fingerprint density at radius 2 is 1.93 bits per heavy atom. The van der Waals surface area contributed by atoms with E-state index in [-0.39, 0.29) is 10.8 Å². The van der Waals surface area contributed by atoms with Crippen molar-refractivity contribution >= 4 is 17.0 Å². The van der Waals surface area contributed by atoms with Gasteiger partial charge in [-0.2, -0.15) is 0 Å². The number of hydrogen-bond acceptors (Lipinski definition) is 4. The van der Waals surface area contributed by atoms with Gasteiger partial charge in [0.05, 0.1) is 35.8 Å². The lowest BCUT2D eigenvalue weighted by Crippen LogP contribution is -2.38. The van der Waals surface area contributed by atoms with E-state index in [9.17, 15) is 5.21 Å². The number of hydrogen-bond donors (Lipinski definition) is 1. The number of morpholine rings is 1. The lowest BCUT2D eigenvalue weighted by molar-refractivity contribution is -0.712. The Morgan fingerprint density at radius 1 is 1.19 bits per heavy atom. The molecule has 1 saturated heterocycles. The zero-order chi connectivity index (χ0) is 19.2. The predicted octanol–water partition coefficient (Wildman–Crippen LogP) is 3.72. The molecule has 146 valence electrons. The molecule has 4 rings (SSSR count). The Balaban J connectivity index is 1.55. The van der Waals surface area contributed by atoms with E-state index in [1.165, 1.54) is 4.74 Å². The minimum absolute atomic E-state index is 0.0846. The normalized spacial score (nSPS) is 23.6. The molecule has 0 atom stereocenters. The van der Waals surface area contributed by atoms with Crippen LogP contribution in [-0.2, 0) is 4.74 Å². The Kier molecular flexibility index (Phi) is 4.55. The second kappa shape index (κ2) is 6.64. The molecule has 2 heterocycles. The number of ether oxygens (including phenoxy) is 2. The van der Waals surface area contributed by atoms with Crippen LogP contribution in [0, 0.1) is 10.8 Å². The van der Waals surface area contributed by atoms with Crippen LogP contribution in [-0.4, -0.2) is 60.0 Å². The van der Waals surface area contributed by atoms with E-state index in [1.807, 2.05) is 12.1 Å². The summed E-state index contributed by atoms with van der Waals surface area (Å²) in [7, 11) is 0. The van der Waals surface area contributed by atoms with Gasteiger partial charge in [-0.25, -0.2) is 0 Å². The monoisotopic (exact) mass is 371 g/mol. The number of rotatable bonds is 4. The van der Waals surface area contributed by atoms with Crippen molar-refractivity contribution in [3.8, 4) is 5.75 Å². The maximum Gasteiger partial charge on any atom is 0.269 e. The smallest absolute Gasteiger partial charge is 0.269 e. The molecule has 1 aliphatic carbocycles. The van der Waals surface area contributed by atoms with Gasteiger partial charge in [0.15, 0.2) is 0 Å². The molecule has 0 radical (unpaired) electrons. The summed E-state index contributed by atoms with van der Waals surface area (Å²) in [6.45, 7) is 14.0. The third-order valence-electron chi connectivity index (χ3n) is 5.81. The molecular formula is C22H31N2O3+. The van der Waals surface area contributed by atoms with E-state index >= 15 is 0 Å². The first-order valence-electron chi connectivity index (χ1n) is 9.94. The van der Waals surface area contributed by atoms with Gasteiger partial charge < -0.3 is 9.47 Å². The van der Waals surface area contributed by atoms with Crippen LogP contribution in [0.25, 0.3) is 5.57 Å². The van der Waals surface area contributed by atoms with Crippen molar-refractivity contribution in [1.82, 2.24) is 4.90 Å². The van der Waals surface area contributed by atoms with Crippen molar-refractivity contribution in [2.45, 2.75) is 34.1 Å². The van der Waals surface area contributed by atoms with Crippen LogP contribution in [0.2, 0.25) is 0 Å². The quantitative estimate of drug-likeness (QED) is 0.647. The van der Waals surface area contributed by atoms with Crippen LogP contribution in [0.5, 0.6) is 5.75 Å². The number of fused-ring (bicyclic) bond motifs is 3. The summed E-state index contributed by atoms with van der Waals surface area (Å²) >= 11 is 0. The van der Waals surface area contributed by atoms with Crippen molar-refractivity contribution in [3.05, 3.63) is 29.8 Å². The average Bonchev–Trinajstić information content (AvgIpc) is 2.87. The second-order valence-electron chi connectivity index (χ2n) is 9.25. The van der Waals surface area contributed by atoms with Crippen LogP contribution >= 0.6 is 0 Å². The van der Waals surface area contributed by atoms with Gasteiger partial charge in [-0.05, 0) is 37.8 Å². The van der Waals surface area contributed by atoms with Gasteiger partial charge in [0.1, 0.15) is 12.4 Å². The molecule has 1 N–H and O–H groups in total. The fourth-order valence-electron chi connectivity index (χ4n) is 4.95. The third kappa shape index (κ3) is 3.50. The molecule has 0 spiro atoms. The van der Waals surface area contributed by atoms with E-state index in [2.05, 4.69) is 44.7 Å². The highest BCUT2D eigenvalue weighted by molar-refractivity contribution is 6.27. The largest absolute Gasteiger partial charge is 0.492 e. The molecule has 0 saturated carbocycles. The first-order chi connectivity index (χ1) is 12.8. The minimum Gasteiger partial charge on any atom is -0.492 e. The summed E-state index contributed by atoms with van der Waals surface area (Å²) in [4.78, 5) is 2.36. The molecule has 27 heavy (non-hydrogen) atoms. The molecular weight excluding hydrogens is 340 g/mol. The van der Waals surface area contributed by atoms with Gasteiger partial charge in [-0.3, -0.25) is 10.1 Å². The molecule has 0 unspecified atom stereocenters. The maximum atomic E-state index is 10.9. The summed E-state index contributed by atoms with van der Waals surface area (Å²) in [5.74, 6) is 0.804. The number of nitrogens with zero attached hydrogens (tertiary/aromatic N) is 2. The highest BCUT2D eigenvalue weighted by Gasteiger charge is 2.50. The summed E-state index contributed by atoms with van der Waals surface area (Å²) in [6.07, 6.45) is 3.31. The van der Waals surface area contributed by atoms with Gasteiger partial charge in [-0.15, -0.1) is 0 Å². The predicted molar refractivity (Wildman–Crippen MR) is 106 cm³/mol. The Labute approximate surface area is 161 Å². The van der Waals surface area contributed by atoms with Crippen molar-refractivity contribution in [3.63, 3.8) is 0 Å². The molecule has 3 aliphatic rings. The van der Waals surface area contributed by atoms with E-state index in [4.69, 9.17) is 9.47 Å². The first-order valence-corrected chi connectivity index (χ1v) is 9.94. The van der Waals surface area contributed by atoms with Crippen LogP contribution in [0.3, 0.4) is 0 Å². The van der Waals surface area contributed by atoms with Crippen molar-refractivity contribution < 1.29 is 19.4 Å². The van der Waals surface area contributed by atoms with Crippen molar-refractivity contribution in [2.75, 3.05) is 39.5 Å². The lowest BCUT2D eigenvalue weighted by atomic mass is 9.65. The van der Waals surface area contributed by atoms with E-state index in [0.717, 1.165) is 67.6 Å². The van der Waals surface area contributed by atoms with Gasteiger partial charge >= 0.3 is 0 Å². The minimum atomic E-state index is -0.0846. The average molecular weight is 372 g/mol. The summed E-state index contributed by atoms with van der Waals surface area (Å²) in [5.41, 5.74) is 4.10. The molecule has 1 aromatic carbocycles. The highest BCUT2D eigenvalue weighted by atomic mass is 16.5. The molecule has 0 amide bonds. The third-order valence-corrected chi connectivity index (χ3v) is 5.81. The van der Waals surface area contributed by atoms with Gasteiger partial charge in [0.2, 0.25) is 5.71 Å². The molecule has 1 aromatic rings. The van der Waals surface area contributed by atoms with Gasteiger partial charge in [0, 0.05) is 24.4 Å². The molecule has 1 fully saturated rings. The Hall–Kier alpha value is -1.85. The zero-order valence-electron chi connectivity index (χ0n) is 16.9. The molecule has 2 aliphatic heterocycles. The van der Waals surface area contributed by atoms with E-state index < -0.39 is 0 Å². The van der Waals surface area contributed by atoms with Crippen LogP contribution in [0.1, 0.15) is 39.7 Å². The summed E-state index contributed by atoms with van der Waals surface area (Å²) in [5, 5.41) is 10.9. The first kappa shape index (κ1) is 18.5. The fourth-order valence-corrected chi connectivity index (χ4v) is 4.95. The zero-order valence-corrected chi connectivity index (χ0v) is 16.9. The Bertz CT molecular complexity index is 802. The van der Waals surface area contributed by atoms with E-state index in [1.54, 1.807) is 0 Å². The number of allylic oxidation sites excluding steroid dienone is 2. The lowest BCUT2D eigenvalue weighted by Gasteiger charge is -2.35. The topological polar surface area (TPSA) is 44.9 Å². The van der Waals surface area contributed by atoms with Crippen LogP contribution in [0.15, 0.2) is 24.3 Å². The highest BCUT2D eigenvalue weighted by Crippen LogP contribution is 2.50.